The lowest BCUT2D eigenvalue weighted by molar-refractivity contribution is 0.0934. The van der Waals surface area contributed by atoms with Crippen molar-refractivity contribution in [3.05, 3.63) is 116 Å². The van der Waals surface area contributed by atoms with Gasteiger partial charge in [0.25, 0.3) is 5.91 Å². The summed E-state index contributed by atoms with van der Waals surface area (Å²) in [7, 11) is 0. The molecule has 1 heterocycles. The van der Waals surface area contributed by atoms with Crippen molar-refractivity contribution in [2.24, 2.45) is 0 Å². The molecule has 4 rings (SSSR count). The summed E-state index contributed by atoms with van der Waals surface area (Å²) in [6, 6.07) is 22.4. The highest BCUT2D eigenvalue weighted by molar-refractivity contribution is 6.35. The van der Waals surface area contributed by atoms with E-state index in [0.717, 1.165) is 28.0 Å². The fourth-order valence-electron chi connectivity index (χ4n) is 3.97. The molecule has 0 unspecified atom stereocenters. The van der Waals surface area contributed by atoms with Gasteiger partial charge in [0.05, 0.1) is 22.4 Å². The predicted octanol–water partition coefficient (Wildman–Crippen LogP) is 8.19. The van der Waals surface area contributed by atoms with Gasteiger partial charge in [-0.05, 0) is 73.9 Å². The lowest BCUT2D eigenvalue weighted by Crippen LogP contribution is -2.27. The number of nitrogens with zero attached hydrogens (tertiary/aromatic N) is 2. The minimum Gasteiger partial charge on any atom is -0.344 e. The van der Waals surface area contributed by atoms with E-state index in [1.807, 2.05) is 81.4 Å². The normalized spacial score (nSPS) is 12.5. The summed E-state index contributed by atoms with van der Waals surface area (Å²) in [4.78, 5) is 13.3. The van der Waals surface area contributed by atoms with E-state index in [9.17, 15) is 4.79 Å². The standard InChI is InChI=1S/C28H24Cl3N3O/c1-17(15-20-9-11-22(29)12-10-20)27-18(2)26(28(35)32-19(3)21-7-5-4-6-8-21)33-34(27)25-14-13-23(30)16-24(25)31/h4-16,19H,1-3H3,(H,32,35)/t19-/m0/s1. The molecule has 0 aliphatic rings. The first kappa shape index (κ1) is 25.1. The zero-order chi connectivity index (χ0) is 25.1. The van der Waals surface area contributed by atoms with Gasteiger partial charge in [-0.2, -0.15) is 5.10 Å². The third kappa shape index (κ3) is 5.62. The molecule has 35 heavy (non-hydrogen) atoms. The maximum absolute atomic E-state index is 13.3. The number of benzene rings is 3. The minimum atomic E-state index is -0.261. The molecule has 0 saturated heterocycles. The number of amides is 1. The second-order valence-corrected chi connectivity index (χ2v) is 9.59. The molecule has 3 aromatic carbocycles. The van der Waals surface area contributed by atoms with Gasteiger partial charge in [-0.3, -0.25) is 4.79 Å². The third-order valence-corrected chi connectivity index (χ3v) is 6.54. The molecule has 1 aromatic heterocycles. The Labute approximate surface area is 220 Å². The molecule has 1 atom stereocenters. The van der Waals surface area contributed by atoms with E-state index in [-0.39, 0.29) is 11.9 Å². The van der Waals surface area contributed by atoms with E-state index in [0.29, 0.717) is 26.4 Å². The van der Waals surface area contributed by atoms with Crippen LogP contribution >= 0.6 is 34.8 Å². The van der Waals surface area contributed by atoms with Gasteiger partial charge in [-0.15, -0.1) is 0 Å². The van der Waals surface area contributed by atoms with Crippen LogP contribution in [0.5, 0.6) is 0 Å². The predicted molar refractivity (Wildman–Crippen MR) is 146 cm³/mol. The number of carbonyl (C=O) groups is 1. The molecule has 0 radical (unpaired) electrons. The van der Waals surface area contributed by atoms with Crippen LogP contribution in [0.3, 0.4) is 0 Å². The summed E-state index contributed by atoms with van der Waals surface area (Å²) in [5, 5.41) is 9.39. The van der Waals surface area contributed by atoms with E-state index in [1.165, 1.54) is 0 Å². The molecule has 1 N–H and O–H groups in total. The van der Waals surface area contributed by atoms with Gasteiger partial charge in [0.1, 0.15) is 0 Å². The molecule has 0 aliphatic heterocycles. The highest BCUT2D eigenvalue weighted by atomic mass is 35.5. The van der Waals surface area contributed by atoms with Crippen LogP contribution < -0.4 is 5.32 Å². The SMILES string of the molecule is CC(=Cc1ccc(Cl)cc1)c1c(C)c(C(=O)N[C@@H](C)c2ccccc2)nn1-c1ccc(Cl)cc1Cl. The molecule has 4 nitrogen and oxygen atoms in total. The van der Waals surface area contributed by atoms with E-state index in [1.54, 1.807) is 22.9 Å². The number of rotatable bonds is 6. The van der Waals surface area contributed by atoms with Crippen LogP contribution in [-0.2, 0) is 0 Å². The van der Waals surface area contributed by atoms with E-state index < -0.39 is 0 Å². The Bertz CT molecular complexity index is 1390. The van der Waals surface area contributed by atoms with Gasteiger partial charge < -0.3 is 5.32 Å². The first-order valence-corrected chi connectivity index (χ1v) is 12.2. The van der Waals surface area contributed by atoms with Gasteiger partial charge in [-0.25, -0.2) is 4.68 Å². The van der Waals surface area contributed by atoms with Crippen LogP contribution in [0.4, 0.5) is 0 Å². The van der Waals surface area contributed by atoms with Crippen molar-refractivity contribution in [3.8, 4) is 5.69 Å². The van der Waals surface area contributed by atoms with Crippen molar-refractivity contribution in [1.82, 2.24) is 15.1 Å². The molecular formula is C28H24Cl3N3O. The van der Waals surface area contributed by atoms with Crippen molar-refractivity contribution in [3.63, 3.8) is 0 Å². The molecule has 178 valence electrons. The summed E-state index contributed by atoms with van der Waals surface area (Å²) < 4.78 is 1.71. The average Bonchev–Trinajstić information content (AvgIpc) is 3.18. The Hall–Kier alpha value is -3.05. The van der Waals surface area contributed by atoms with Crippen LogP contribution in [0.15, 0.2) is 72.8 Å². The Morgan fingerprint density at radius 1 is 0.971 bits per heavy atom. The number of aromatic nitrogens is 2. The minimum absolute atomic E-state index is 0.179. The Morgan fingerprint density at radius 2 is 1.63 bits per heavy atom. The molecule has 0 saturated carbocycles. The van der Waals surface area contributed by atoms with Crippen molar-refractivity contribution >= 4 is 52.4 Å². The van der Waals surface area contributed by atoms with Crippen LogP contribution in [-0.4, -0.2) is 15.7 Å². The van der Waals surface area contributed by atoms with E-state index in [4.69, 9.17) is 39.9 Å². The zero-order valence-corrected chi connectivity index (χ0v) is 21.8. The highest BCUT2D eigenvalue weighted by Gasteiger charge is 2.24. The largest absolute Gasteiger partial charge is 0.344 e. The zero-order valence-electron chi connectivity index (χ0n) is 19.5. The van der Waals surface area contributed by atoms with Crippen molar-refractivity contribution in [2.45, 2.75) is 26.8 Å². The van der Waals surface area contributed by atoms with Crippen molar-refractivity contribution in [2.75, 3.05) is 0 Å². The Kier molecular flexibility index (Phi) is 7.66. The monoisotopic (exact) mass is 523 g/mol. The summed E-state index contributed by atoms with van der Waals surface area (Å²) in [5.41, 5.74) is 5.39. The number of hydrogen-bond donors (Lipinski definition) is 1. The van der Waals surface area contributed by atoms with E-state index >= 15 is 0 Å². The van der Waals surface area contributed by atoms with Crippen LogP contribution in [0.2, 0.25) is 15.1 Å². The Morgan fingerprint density at radius 3 is 2.29 bits per heavy atom. The number of allylic oxidation sites excluding steroid dienone is 1. The molecule has 0 spiro atoms. The fourth-order valence-corrected chi connectivity index (χ4v) is 4.58. The van der Waals surface area contributed by atoms with E-state index in [2.05, 4.69) is 5.32 Å². The summed E-state index contributed by atoms with van der Waals surface area (Å²) in [6.45, 7) is 5.82. The first-order valence-electron chi connectivity index (χ1n) is 11.1. The number of nitrogens with one attached hydrogen (secondary N) is 1. The van der Waals surface area contributed by atoms with Gasteiger partial charge in [0, 0.05) is 15.6 Å². The maximum Gasteiger partial charge on any atom is 0.272 e. The van der Waals surface area contributed by atoms with Crippen molar-refractivity contribution in [1.29, 1.82) is 0 Å². The number of hydrogen-bond acceptors (Lipinski definition) is 2. The lowest BCUT2D eigenvalue weighted by atomic mass is 10.0. The molecule has 0 bridgehead atoms. The quantitative estimate of drug-likeness (QED) is 0.276. The first-order chi connectivity index (χ1) is 16.7. The van der Waals surface area contributed by atoms with Gasteiger partial charge in [0.2, 0.25) is 0 Å². The van der Waals surface area contributed by atoms with Crippen LogP contribution in [0.25, 0.3) is 17.3 Å². The van der Waals surface area contributed by atoms with Gasteiger partial charge >= 0.3 is 0 Å². The summed E-state index contributed by atoms with van der Waals surface area (Å²) >= 11 is 18.7. The maximum atomic E-state index is 13.3. The van der Waals surface area contributed by atoms with Gasteiger partial charge in [0.15, 0.2) is 5.69 Å². The highest BCUT2D eigenvalue weighted by Crippen LogP contribution is 2.31. The number of halogens is 3. The van der Waals surface area contributed by atoms with Crippen LogP contribution in [0.1, 0.15) is 52.8 Å². The number of carbonyl (C=O) groups excluding carboxylic acids is 1. The topological polar surface area (TPSA) is 46.9 Å². The second kappa shape index (κ2) is 10.7. The molecule has 7 heteroatoms. The fraction of sp³-hybridized carbons (Fsp3) is 0.143. The smallest absolute Gasteiger partial charge is 0.272 e. The molecular weight excluding hydrogens is 501 g/mol. The van der Waals surface area contributed by atoms with Gasteiger partial charge in [-0.1, -0.05) is 77.3 Å². The second-order valence-electron chi connectivity index (χ2n) is 8.31. The molecule has 4 aromatic rings. The Balaban J connectivity index is 1.79. The third-order valence-electron chi connectivity index (χ3n) is 5.75. The molecule has 1 amide bonds. The average molecular weight is 525 g/mol. The molecule has 0 fully saturated rings. The summed E-state index contributed by atoms with van der Waals surface area (Å²) in [5.74, 6) is -0.261. The lowest BCUT2D eigenvalue weighted by Gasteiger charge is -2.13. The van der Waals surface area contributed by atoms with Crippen molar-refractivity contribution < 1.29 is 4.79 Å². The van der Waals surface area contributed by atoms with Crippen LogP contribution in [0, 0.1) is 6.92 Å². The summed E-state index contributed by atoms with van der Waals surface area (Å²) in [6.07, 6.45) is 2.02. The molecule has 0 aliphatic carbocycles.